The fourth-order valence-corrected chi connectivity index (χ4v) is 2.89. The monoisotopic (exact) mass is 301 g/mol. The molecule has 0 aromatic heterocycles. The highest BCUT2D eigenvalue weighted by Crippen LogP contribution is 2.17. The van der Waals surface area contributed by atoms with Crippen LogP contribution in [0, 0.1) is 6.92 Å². The second-order valence-corrected chi connectivity index (χ2v) is 6.57. The Hall–Kier alpha value is -1.15. The minimum Gasteiger partial charge on any atom is -0.399 e. The van der Waals surface area contributed by atoms with Crippen LogP contribution in [0.2, 0.25) is 0 Å². The highest BCUT2D eigenvalue weighted by atomic mass is 32.2. The van der Waals surface area contributed by atoms with Crippen molar-refractivity contribution in [3.63, 3.8) is 0 Å². The maximum Gasteiger partial charge on any atom is 0.240 e. The highest BCUT2D eigenvalue weighted by molar-refractivity contribution is 7.89. The van der Waals surface area contributed by atoms with E-state index in [-0.39, 0.29) is 11.4 Å². The van der Waals surface area contributed by atoms with E-state index < -0.39 is 10.0 Å². The summed E-state index contributed by atoms with van der Waals surface area (Å²) in [6, 6.07) is 4.73. The molecule has 0 aliphatic carbocycles. The predicted octanol–water partition coefficient (Wildman–Crippen LogP) is 0.434. The molecule has 1 aromatic rings. The molecule has 7 heteroatoms. The van der Waals surface area contributed by atoms with Crippen LogP contribution in [0.4, 0.5) is 5.69 Å². The van der Waals surface area contributed by atoms with Crippen molar-refractivity contribution >= 4 is 15.7 Å². The Kier molecular flexibility index (Phi) is 6.41. The Labute approximate surface area is 121 Å². The number of likely N-dealkylation sites (N-methyl/N-ethyl adjacent to an activating group) is 1. The molecule has 0 heterocycles. The third kappa shape index (κ3) is 5.46. The molecule has 0 spiro atoms. The summed E-state index contributed by atoms with van der Waals surface area (Å²) in [5.41, 5.74) is 6.79. The van der Waals surface area contributed by atoms with Crippen LogP contribution < -0.4 is 10.5 Å². The number of nitrogens with two attached hydrogens (primary N) is 1. The fraction of sp³-hybridized carbons (Fsp3) is 0.538. The maximum absolute atomic E-state index is 12.1. The quantitative estimate of drug-likeness (QED) is 0.537. The van der Waals surface area contributed by atoms with Gasteiger partial charge in [0.05, 0.1) is 18.1 Å². The van der Waals surface area contributed by atoms with E-state index >= 15 is 0 Å². The van der Waals surface area contributed by atoms with Crippen LogP contribution in [0.25, 0.3) is 0 Å². The molecule has 3 N–H and O–H groups in total. The number of rotatable bonds is 8. The number of nitrogens with zero attached hydrogens (tertiary/aromatic N) is 1. The first-order valence-corrected chi connectivity index (χ1v) is 7.89. The van der Waals surface area contributed by atoms with Crippen LogP contribution >= 0.6 is 0 Å². The van der Waals surface area contributed by atoms with Crippen LogP contribution in [0.1, 0.15) is 5.56 Å². The highest BCUT2D eigenvalue weighted by Gasteiger charge is 2.15. The van der Waals surface area contributed by atoms with Gasteiger partial charge in [-0.05, 0) is 44.8 Å². The van der Waals surface area contributed by atoms with Gasteiger partial charge in [0.1, 0.15) is 0 Å². The topological polar surface area (TPSA) is 84.7 Å². The van der Waals surface area contributed by atoms with Crippen LogP contribution in [-0.4, -0.2) is 53.7 Å². The van der Waals surface area contributed by atoms with Gasteiger partial charge < -0.3 is 15.4 Å². The molecule has 6 nitrogen and oxygen atoms in total. The van der Waals surface area contributed by atoms with Crippen LogP contribution in [0.5, 0.6) is 0 Å². The van der Waals surface area contributed by atoms with Crippen molar-refractivity contribution in [2.24, 2.45) is 0 Å². The summed E-state index contributed by atoms with van der Waals surface area (Å²) in [7, 11) is 0.401. The summed E-state index contributed by atoms with van der Waals surface area (Å²) in [5.74, 6) is 0. The largest absolute Gasteiger partial charge is 0.399 e. The van der Waals surface area contributed by atoms with E-state index in [0.29, 0.717) is 24.5 Å². The number of nitrogen functional groups attached to an aromatic ring is 1. The third-order valence-corrected chi connectivity index (χ3v) is 4.33. The number of anilines is 1. The van der Waals surface area contributed by atoms with Crippen molar-refractivity contribution in [1.82, 2.24) is 9.62 Å². The zero-order valence-electron chi connectivity index (χ0n) is 12.2. The lowest BCUT2D eigenvalue weighted by Gasteiger charge is -2.11. The van der Waals surface area contributed by atoms with E-state index in [1.54, 1.807) is 19.1 Å². The molecule has 0 aliphatic heterocycles. The van der Waals surface area contributed by atoms with Crippen molar-refractivity contribution in [2.75, 3.05) is 46.1 Å². The van der Waals surface area contributed by atoms with Gasteiger partial charge in [0.25, 0.3) is 0 Å². The molecule has 1 aromatic carbocycles. The number of nitrogens with one attached hydrogen (secondary N) is 1. The van der Waals surface area contributed by atoms with Gasteiger partial charge in [-0.3, -0.25) is 0 Å². The molecule has 0 bridgehead atoms. The molecule has 0 radical (unpaired) electrons. The Morgan fingerprint density at radius 2 is 2.00 bits per heavy atom. The molecule has 114 valence electrons. The van der Waals surface area contributed by atoms with E-state index in [2.05, 4.69) is 4.72 Å². The smallest absolute Gasteiger partial charge is 0.240 e. The average molecular weight is 301 g/mol. The SMILES string of the molecule is Cc1cc(N)ccc1S(=O)(=O)NCCOCCN(C)C. The van der Waals surface area contributed by atoms with Crippen LogP contribution in [0.3, 0.4) is 0 Å². The van der Waals surface area contributed by atoms with Crippen LogP contribution in [0.15, 0.2) is 23.1 Å². The van der Waals surface area contributed by atoms with Crippen molar-refractivity contribution < 1.29 is 13.2 Å². The van der Waals surface area contributed by atoms with Crippen molar-refractivity contribution in [3.8, 4) is 0 Å². The minimum absolute atomic E-state index is 0.250. The molecule has 1 rings (SSSR count). The van der Waals surface area contributed by atoms with E-state index in [0.717, 1.165) is 6.54 Å². The fourth-order valence-electron chi connectivity index (χ4n) is 1.65. The van der Waals surface area contributed by atoms with Gasteiger partial charge in [-0.25, -0.2) is 13.1 Å². The summed E-state index contributed by atoms with van der Waals surface area (Å²) in [6.07, 6.45) is 0. The Morgan fingerprint density at radius 1 is 1.30 bits per heavy atom. The summed E-state index contributed by atoms with van der Waals surface area (Å²) in [4.78, 5) is 2.25. The normalized spacial score (nSPS) is 12.0. The van der Waals surface area contributed by atoms with E-state index in [1.165, 1.54) is 6.07 Å². The predicted molar refractivity (Wildman–Crippen MR) is 80.2 cm³/mol. The zero-order valence-corrected chi connectivity index (χ0v) is 13.0. The molecule has 0 saturated heterocycles. The minimum atomic E-state index is -3.51. The number of sulfonamides is 1. The van der Waals surface area contributed by atoms with Gasteiger partial charge in [0, 0.05) is 18.8 Å². The van der Waals surface area contributed by atoms with Gasteiger partial charge >= 0.3 is 0 Å². The van der Waals surface area contributed by atoms with Gasteiger partial charge in [-0.15, -0.1) is 0 Å². The number of benzene rings is 1. The Balaban J connectivity index is 2.46. The van der Waals surface area contributed by atoms with Crippen LogP contribution in [-0.2, 0) is 14.8 Å². The van der Waals surface area contributed by atoms with Gasteiger partial charge in [0.15, 0.2) is 0 Å². The maximum atomic E-state index is 12.1. The summed E-state index contributed by atoms with van der Waals surface area (Å²) >= 11 is 0. The summed E-state index contributed by atoms with van der Waals surface area (Å²) < 4.78 is 32.0. The summed E-state index contributed by atoms with van der Waals surface area (Å²) in [6.45, 7) is 3.71. The van der Waals surface area contributed by atoms with E-state index in [4.69, 9.17) is 10.5 Å². The van der Waals surface area contributed by atoms with Crippen molar-refractivity contribution in [2.45, 2.75) is 11.8 Å². The molecule has 20 heavy (non-hydrogen) atoms. The van der Waals surface area contributed by atoms with E-state index in [1.807, 2.05) is 19.0 Å². The number of ether oxygens (including phenoxy) is 1. The lowest BCUT2D eigenvalue weighted by Crippen LogP contribution is -2.29. The molecule has 0 amide bonds. The standard InChI is InChI=1S/C13H23N3O3S/c1-11-10-12(14)4-5-13(11)20(17,18)15-6-8-19-9-7-16(2)3/h4-5,10,15H,6-9,14H2,1-3H3. The van der Waals surface area contributed by atoms with E-state index in [9.17, 15) is 8.42 Å². The lowest BCUT2D eigenvalue weighted by molar-refractivity contribution is 0.122. The van der Waals surface area contributed by atoms with Crippen molar-refractivity contribution in [1.29, 1.82) is 0 Å². The number of hydrogen-bond donors (Lipinski definition) is 2. The average Bonchev–Trinajstić information content (AvgIpc) is 2.32. The molecule has 0 atom stereocenters. The van der Waals surface area contributed by atoms with Crippen molar-refractivity contribution in [3.05, 3.63) is 23.8 Å². The third-order valence-electron chi connectivity index (χ3n) is 2.71. The Bertz CT molecular complexity index is 530. The lowest BCUT2D eigenvalue weighted by atomic mass is 10.2. The second-order valence-electron chi connectivity index (χ2n) is 4.84. The number of aryl methyl sites for hydroxylation is 1. The molecular weight excluding hydrogens is 278 g/mol. The summed E-state index contributed by atoms with van der Waals surface area (Å²) in [5, 5.41) is 0. The molecule has 0 aliphatic rings. The number of hydrogen-bond acceptors (Lipinski definition) is 5. The molecule has 0 saturated carbocycles. The molecule has 0 unspecified atom stereocenters. The first-order valence-electron chi connectivity index (χ1n) is 6.41. The Morgan fingerprint density at radius 3 is 2.60 bits per heavy atom. The first kappa shape index (κ1) is 16.9. The first-order chi connectivity index (χ1) is 9.33. The van der Waals surface area contributed by atoms with Gasteiger partial charge in [-0.2, -0.15) is 0 Å². The molecular formula is C13H23N3O3S. The second kappa shape index (κ2) is 7.58. The zero-order chi connectivity index (χ0) is 15.2. The molecule has 0 fully saturated rings. The van der Waals surface area contributed by atoms with Gasteiger partial charge in [0.2, 0.25) is 10.0 Å². The van der Waals surface area contributed by atoms with Gasteiger partial charge in [-0.1, -0.05) is 0 Å².